The molecule has 2 aliphatic rings. The third-order valence-corrected chi connectivity index (χ3v) is 10.7. The topological polar surface area (TPSA) is 144 Å². The van der Waals surface area contributed by atoms with Gasteiger partial charge < -0.3 is 34.4 Å². The molecule has 2 saturated carbocycles. The van der Waals surface area contributed by atoms with Crippen LogP contribution in [0.4, 0.5) is 4.79 Å². The lowest BCUT2D eigenvalue weighted by molar-refractivity contribution is -0.130. The van der Waals surface area contributed by atoms with Gasteiger partial charge in [-0.2, -0.15) is 0 Å². The Bertz CT molecular complexity index is 1120. The summed E-state index contributed by atoms with van der Waals surface area (Å²) in [7, 11) is -0.862. The highest BCUT2D eigenvalue weighted by molar-refractivity contribution is 7.54. The lowest BCUT2D eigenvalue weighted by Crippen LogP contribution is -2.54. The van der Waals surface area contributed by atoms with Crippen molar-refractivity contribution >= 4 is 37.1 Å². The second kappa shape index (κ2) is 15.5. The quantitative estimate of drug-likeness (QED) is 0.220. The van der Waals surface area contributed by atoms with E-state index in [9.17, 15) is 24.1 Å². The van der Waals surface area contributed by atoms with Gasteiger partial charge in [-0.25, -0.2) is 4.79 Å². The van der Waals surface area contributed by atoms with Crippen LogP contribution in [0.3, 0.4) is 0 Å². The minimum absolute atomic E-state index is 0.0119. The van der Waals surface area contributed by atoms with Gasteiger partial charge in [0.25, 0.3) is 0 Å². The van der Waals surface area contributed by atoms with Crippen LogP contribution < -0.4 is 10.6 Å². The monoisotopic (exact) mass is 629 g/mol. The highest BCUT2D eigenvalue weighted by Crippen LogP contribution is 2.56. The number of alkyl carbamates (subject to hydrolysis) is 1. The van der Waals surface area contributed by atoms with Gasteiger partial charge in [0, 0.05) is 25.5 Å². The predicted molar refractivity (Wildman–Crippen MR) is 159 cm³/mol. The van der Waals surface area contributed by atoms with Gasteiger partial charge in [0.05, 0.1) is 19.3 Å². The van der Waals surface area contributed by atoms with Gasteiger partial charge >= 0.3 is 13.7 Å². The molecule has 13 heteroatoms. The first-order valence-corrected chi connectivity index (χ1v) is 16.6. The molecule has 42 heavy (non-hydrogen) atoms. The molecule has 2 unspecified atom stereocenters. The molecule has 1 aromatic rings. The molecule has 0 spiro atoms. The van der Waals surface area contributed by atoms with Crippen molar-refractivity contribution in [1.29, 1.82) is 0 Å². The third-order valence-electron chi connectivity index (χ3n) is 8.19. The molecule has 3 atom stereocenters. The van der Waals surface area contributed by atoms with Crippen molar-refractivity contribution in [1.82, 2.24) is 15.5 Å². The van der Waals surface area contributed by atoms with Crippen molar-refractivity contribution in [2.75, 3.05) is 27.3 Å². The van der Waals surface area contributed by atoms with Crippen LogP contribution >= 0.6 is 19.2 Å². The molecule has 2 fully saturated rings. The van der Waals surface area contributed by atoms with Crippen LogP contribution in [0.1, 0.15) is 70.8 Å². The van der Waals surface area contributed by atoms with E-state index in [0.717, 1.165) is 32.1 Å². The Morgan fingerprint density at radius 2 is 1.81 bits per heavy atom. The number of hydrogen-bond acceptors (Lipinski definition) is 8. The van der Waals surface area contributed by atoms with Crippen LogP contribution in [0, 0.1) is 11.3 Å². The van der Waals surface area contributed by atoms with Gasteiger partial charge in [-0.05, 0) is 87.8 Å². The number of rotatable bonds is 16. The minimum Gasteiger partial charge on any atom is -0.445 e. The first kappa shape index (κ1) is 34.3. The maximum atomic E-state index is 13.8. The average Bonchev–Trinajstić information content (AvgIpc) is 3.54. The fraction of sp³-hybridized carbons (Fsp3) is 0.690. The first-order chi connectivity index (χ1) is 19.9. The van der Waals surface area contributed by atoms with Crippen molar-refractivity contribution in [2.24, 2.45) is 11.3 Å². The van der Waals surface area contributed by atoms with Gasteiger partial charge in [-0.15, -0.1) is 0 Å². The molecule has 0 saturated heterocycles. The van der Waals surface area contributed by atoms with Gasteiger partial charge in [0.2, 0.25) is 11.8 Å². The van der Waals surface area contributed by atoms with Gasteiger partial charge in [0.15, 0.2) is 5.85 Å². The SMILES string of the molecule is CCOP(=O)(OCC)C(O)[C@H](CCC(=O)N(C)C)NC(=O)C(CC12CCC(CC1)C2)NC(=O)OCc1cccc(Cl)c1. The molecular weight excluding hydrogens is 585 g/mol. The maximum absolute atomic E-state index is 13.8. The molecule has 236 valence electrons. The molecule has 3 amide bonds. The summed E-state index contributed by atoms with van der Waals surface area (Å²) in [6.07, 6.45) is 4.68. The Morgan fingerprint density at radius 3 is 2.36 bits per heavy atom. The van der Waals surface area contributed by atoms with Gasteiger partial charge in [0.1, 0.15) is 12.6 Å². The zero-order valence-corrected chi connectivity index (χ0v) is 26.6. The molecule has 11 nitrogen and oxygen atoms in total. The van der Waals surface area contributed by atoms with E-state index in [0.29, 0.717) is 22.9 Å². The molecule has 2 aliphatic carbocycles. The molecular formula is C29H45ClN3O8P. The molecule has 0 radical (unpaired) electrons. The van der Waals surface area contributed by atoms with E-state index in [1.807, 2.05) is 0 Å². The summed E-state index contributed by atoms with van der Waals surface area (Å²) in [5, 5.41) is 17.2. The van der Waals surface area contributed by atoms with E-state index >= 15 is 0 Å². The first-order valence-electron chi connectivity index (χ1n) is 14.7. The summed E-state index contributed by atoms with van der Waals surface area (Å²) < 4.78 is 29.5. The van der Waals surface area contributed by atoms with Crippen LogP contribution in [-0.4, -0.2) is 73.2 Å². The van der Waals surface area contributed by atoms with Gasteiger partial charge in [-0.1, -0.05) is 23.7 Å². The fourth-order valence-electron chi connectivity index (χ4n) is 6.05. The molecule has 0 aliphatic heterocycles. The number of hydrogen-bond donors (Lipinski definition) is 3. The summed E-state index contributed by atoms with van der Waals surface area (Å²) in [6.45, 7) is 3.22. The number of ether oxygens (including phenoxy) is 1. The Kier molecular flexibility index (Phi) is 12.7. The highest BCUT2D eigenvalue weighted by Gasteiger charge is 2.48. The number of benzene rings is 1. The second-order valence-electron chi connectivity index (χ2n) is 11.5. The molecule has 3 rings (SSSR count). The van der Waals surface area contributed by atoms with E-state index < -0.39 is 37.5 Å². The summed E-state index contributed by atoms with van der Waals surface area (Å²) in [4.78, 5) is 40.5. The van der Waals surface area contributed by atoms with E-state index in [-0.39, 0.29) is 44.0 Å². The second-order valence-corrected chi connectivity index (χ2v) is 14.0. The molecule has 0 aromatic heterocycles. The number of nitrogens with one attached hydrogen (secondary N) is 2. The van der Waals surface area contributed by atoms with Crippen molar-refractivity contribution in [3.05, 3.63) is 34.9 Å². The summed E-state index contributed by atoms with van der Waals surface area (Å²) in [6, 6.07) is 4.80. The number of aliphatic hydroxyl groups is 1. The average molecular weight is 630 g/mol. The number of amides is 3. The Hall–Kier alpha value is -2.17. The minimum atomic E-state index is -4.06. The van der Waals surface area contributed by atoms with Gasteiger partial charge in [-0.3, -0.25) is 14.2 Å². The molecule has 3 N–H and O–H groups in total. The Labute approximate surface area is 253 Å². The lowest BCUT2D eigenvalue weighted by atomic mass is 9.78. The maximum Gasteiger partial charge on any atom is 0.408 e. The summed E-state index contributed by atoms with van der Waals surface area (Å²) >= 11 is 6.03. The van der Waals surface area contributed by atoms with Crippen LogP contribution in [0.25, 0.3) is 0 Å². The lowest BCUT2D eigenvalue weighted by Gasteiger charge is -2.33. The van der Waals surface area contributed by atoms with E-state index in [2.05, 4.69) is 10.6 Å². The predicted octanol–water partition coefficient (Wildman–Crippen LogP) is 4.84. The third kappa shape index (κ3) is 9.41. The number of fused-ring (bicyclic) bond motifs is 2. The van der Waals surface area contributed by atoms with Crippen molar-refractivity contribution < 1.29 is 37.8 Å². The van der Waals surface area contributed by atoms with Crippen molar-refractivity contribution in [2.45, 2.75) is 89.7 Å². The number of carbonyl (C=O) groups excluding carboxylic acids is 3. The van der Waals surface area contributed by atoms with Crippen LogP contribution in [0.2, 0.25) is 5.02 Å². The Morgan fingerprint density at radius 1 is 1.14 bits per heavy atom. The highest BCUT2D eigenvalue weighted by atomic mass is 35.5. The largest absolute Gasteiger partial charge is 0.445 e. The van der Waals surface area contributed by atoms with Crippen LogP contribution in [0.15, 0.2) is 24.3 Å². The number of nitrogens with zero attached hydrogens (tertiary/aromatic N) is 1. The number of halogens is 1. The van der Waals surface area contributed by atoms with E-state index in [1.165, 1.54) is 4.90 Å². The zero-order valence-electron chi connectivity index (χ0n) is 25.0. The smallest absolute Gasteiger partial charge is 0.408 e. The zero-order chi connectivity index (χ0) is 30.9. The number of carbonyl (C=O) groups is 3. The Balaban J connectivity index is 1.79. The normalized spacial score (nSPS) is 21.8. The van der Waals surface area contributed by atoms with Crippen molar-refractivity contribution in [3.63, 3.8) is 0 Å². The standard InChI is InChI=1S/C29H45ClN3O8P/c1-5-40-42(38,41-6-2)27(36)23(10-11-25(34)33(3)4)31-26(35)24(18-29-14-12-20(17-29)13-15-29)32-28(37)39-19-21-8-7-9-22(30)16-21/h7-9,16,20,23-24,27,36H,5-6,10-15,17-19H2,1-4H3,(H,31,35)(H,32,37)/t20?,23-,24?,27?,29?/m0/s1. The van der Waals surface area contributed by atoms with E-state index in [1.54, 1.807) is 52.2 Å². The molecule has 1 aromatic carbocycles. The van der Waals surface area contributed by atoms with E-state index in [4.69, 9.17) is 25.4 Å². The molecule has 0 heterocycles. The summed E-state index contributed by atoms with van der Waals surface area (Å²) in [5.74, 6) is -1.91. The van der Waals surface area contributed by atoms with Crippen molar-refractivity contribution in [3.8, 4) is 0 Å². The summed E-state index contributed by atoms with van der Waals surface area (Å²) in [5.41, 5.74) is 0.622. The fourth-order valence-corrected chi connectivity index (χ4v) is 8.03. The molecule has 2 bridgehead atoms. The number of aliphatic hydroxyl groups excluding tert-OH is 1. The van der Waals surface area contributed by atoms with Crippen LogP contribution in [0.5, 0.6) is 0 Å². The van der Waals surface area contributed by atoms with Crippen LogP contribution in [-0.2, 0) is 34.5 Å².